The molecule has 1 amide bonds. The van der Waals surface area contributed by atoms with E-state index in [0.29, 0.717) is 17.9 Å². The van der Waals surface area contributed by atoms with Gasteiger partial charge in [-0.1, -0.05) is 30.3 Å². The lowest BCUT2D eigenvalue weighted by atomic mass is 10.1. The molecule has 160 valence electrons. The van der Waals surface area contributed by atoms with Crippen molar-refractivity contribution in [1.82, 2.24) is 19.3 Å². The molecule has 0 aliphatic carbocycles. The Kier molecular flexibility index (Phi) is 5.33. The van der Waals surface area contributed by atoms with Crippen molar-refractivity contribution in [3.05, 3.63) is 94.9 Å². The summed E-state index contributed by atoms with van der Waals surface area (Å²) in [4.78, 5) is 24.1. The number of thiazole rings is 1. The molecular weight excluding hydrogens is 420 g/mol. The molecule has 0 N–H and O–H groups in total. The number of para-hydroxylation sites is 2. The van der Waals surface area contributed by atoms with Gasteiger partial charge in [-0.15, -0.1) is 11.3 Å². The highest BCUT2D eigenvalue weighted by atomic mass is 32.1. The summed E-state index contributed by atoms with van der Waals surface area (Å²) < 4.78 is 9.12. The molecule has 32 heavy (non-hydrogen) atoms. The normalized spacial score (nSPS) is 11.2. The number of hydrogen-bond donors (Lipinski definition) is 0. The minimum absolute atomic E-state index is 0.106. The molecule has 0 bridgehead atoms. The standard InChI is InChI=1S/C25H22N4O2S/c1-17-11-12-23-26-18(14-29(23)13-17)16-31-21-9-5-3-7-19(21)25(30)28(2)15-24-27-20-8-4-6-10-22(20)32-24/h3-14H,15-16H2,1-2H3. The van der Waals surface area contributed by atoms with E-state index in [9.17, 15) is 4.79 Å². The highest BCUT2D eigenvalue weighted by molar-refractivity contribution is 7.18. The Morgan fingerprint density at radius 2 is 1.84 bits per heavy atom. The van der Waals surface area contributed by atoms with Crippen LogP contribution in [0.3, 0.4) is 0 Å². The van der Waals surface area contributed by atoms with Gasteiger partial charge in [0.05, 0.1) is 28.0 Å². The lowest BCUT2D eigenvalue weighted by molar-refractivity contribution is 0.0780. The average Bonchev–Trinajstić information content (AvgIpc) is 3.39. The summed E-state index contributed by atoms with van der Waals surface area (Å²) in [6.45, 7) is 2.77. The van der Waals surface area contributed by atoms with Gasteiger partial charge in [-0.25, -0.2) is 9.97 Å². The van der Waals surface area contributed by atoms with Crippen molar-refractivity contribution in [3.63, 3.8) is 0 Å². The van der Waals surface area contributed by atoms with Crippen molar-refractivity contribution in [1.29, 1.82) is 0 Å². The minimum Gasteiger partial charge on any atom is -0.486 e. The van der Waals surface area contributed by atoms with Crippen LogP contribution in [0.5, 0.6) is 5.75 Å². The molecule has 0 unspecified atom stereocenters. The zero-order chi connectivity index (χ0) is 22.1. The van der Waals surface area contributed by atoms with Gasteiger partial charge >= 0.3 is 0 Å². The van der Waals surface area contributed by atoms with E-state index in [4.69, 9.17) is 4.74 Å². The average molecular weight is 443 g/mol. The number of benzene rings is 2. The maximum atomic E-state index is 13.2. The summed E-state index contributed by atoms with van der Waals surface area (Å²) in [5, 5.41) is 0.903. The minimum atomic E-state index is -0.106. The summed E-state index contributed by atoms with van der Waals surface area (Å²) >= 11 is 1.61. The lowest BCUT2D eigenvalue weighted by Gasteiger charge is -2.18. The Labute approximate surface area is 189 Å². The first-order valence-corrected chi connectivity index (χ1v) is 11.1. The first-order chi connectivity index (χ1) is 15.6. The number of nitrogens with zero attached hydrogens (tertiary/aromatic N) is 4. The van der Waals surface area contributed by atoms with Crippen LogP contribution in [0.15, 0.2) is 73.1 Å². The van der Waals surface area contributed by atoms with Crippen LogP contribution >= 0.6 is 11.3 Å². The van der Waals surface area contributed by atoms with Crippen LogP contribution in [0.1, 0.15) is 26.6 Å². The number of aryl methyl sites for hydroxylation is 1. The van der Waals surface area contributed by atoms with Crippen molar-refractivity contribution in [2.24, 2.45) is 0 Å². The molecule has 0 saturated carbocycles. The summed E-state index contributed by atoms with van der Waals surface area (Å²) in [5.74, 6) is 0.437. The van der Waals surface area contributed by atoms with Crippen molar-refractivity contribution in [3.8, 4) is 5.75 Å². The lowest BCUT2D eigenvalue weighted by Crippen LogP contribution is -2.26. The van der Waals surface area contributed by atoms with E-state index >= 15 is 0 Å². The van der Waals surface area contributed by atoms with Crippen LogP contribution in [0.4, 0.5) is 0 Å². The summed E-state index contributed by atoms with van der Waals surface area (Å²) in [7, 11) is 1.79. The summed E-state index contributed by atoms with van der Waals surface area (Å²) in [6.07, 6.45) is 3.98. The third-order valence-electron chi connectivity index (χ3n) is 5.20. The monoisotopic (exact) mass is 442 g/mol. The Balaban J connectivity index is 1.31. The first-order valence-electron chi connectivity index (χ1n) is 10.3. The highest BCUT2D eigenvalue weighted by Crippen LogP contribution is 2.25. The molecule has 6 nitrogen and oxygen atoms in total. The van der Waals surface area contributed by atoms with Gasteiger partial charge < -0.3 is 14.0 Å². The van der Waals surface area contributed by atoms with E-state index < -0.39 is 0 Å². The molecule has 0 radical (unpaired) electrons. The fourth-order valence-corrected chi connectivity index (χ4v) is 4.63. The Morgan fingerprint density at radius 1 is 1.03 bits per heavy atom. The van der Waals surface area contributed by atoms with Gasteiger partial charge in [0, 0.05) is 19.4 Å². The van der Waals surface area contributed by atoms with Crippen LogP contribution < -0.4 is 4.74 Å². The fourth-order valence-electron chi connectivity index (χ4n) is 3.61. The number of carbonyl (C=O) groups excluding carboxylic acids is 1. The topological polar surface area (TPSA) is 59.7 Å². The number of rotatable bonds is 6. The molecule has 3 heterocycles. The quantitative estimate of drug-likeness (QED) is 0.367. The predicted molar refractivity (Wildman–Crippen MR) is 126 cm³/mol. The molecule has 0 aliphatic rings. The molecule has 0 saturated heterocycles. The van der Waals surface area contributed by atoms with Crippen molar-refractivity contribution < 1.29 is 9.53 Å². The Bertz CT molecular complexity index is 1390. The van der Waals surface area contributed by atoms with Gasteiger partial charge in [0.25, 0.3) is 5.91 Å². The summed E-state index contributed by atoms with van der Waals surface area (Å²) in [5.41, 5.74) is 4.32. The van der Waals surface area contributed by atoms with Crippen LogP contribution in [-0.2, 0) is 13.2 Å². The third kappa shape index (κ3) is 4.07. The molecule has 0 fully saturated rings. The van der Waals surface area contributed by atoms with Crippen LogP contribution in [-0.4, -0.2) is 32.2 Å². The number of pyridine rings is 1. The van der Waals surface area contributed by atoms with Gasteiger partial charge in [0.1, 0.15) is 23.0 Å². The smallest absolute Gasteiger partial charge is 0.257 e. The first kappa shape index (κ1) is 20.2. The largest absolute Gasteiger partial charge is 0.486 e. The Morgan fingerprint density at radius 3 is 2.72 bits per heavy atom. The molecule has 5 rings (SSSR count). The number of aromatic nitrogens is 3. The van der Waals surface area contributed by atoms with E-state index in [1.54, 1.807) is 29.4 Å². The van der Waals surface area contributed by atoms with E-state index in [-0.39, 0.29) is 12.5 Å². The SMILES string of the molecule is Cc1ccc2nc(COc3ccccc3C(=O)N(C)Cc3nc4ccccc4s3)cn2c1. The molecule has 3 aromatic heterocycles. The third-order valence-corrected chi connectivity index (χ3v) is 6.22. The maximum Gasteiger partial charge on any atom is 0.257 e. The predicted octanol–water partition coefficient (Wildman–Crippen LogP) is 5.10. The molecule has 2 aromatic carbocycles. The maximum absolute atomic E-state index is 13.2. The van der Waals surface area contributed by atoms with Crippen LogP contribution in [0, 0.1) is 6.92 Å². The zero-order valence-electron chi connectivity index (χ0n) is 17.9. The van der Waals surface area contributed by atoms with E-state index in [1.807, 2.05) is 78.3 Å². The van der Waals surface area contributed by atoms with Gasteiger partial charge in [-0.3, -0.25) is 4.79 Å². The second-order valence-electron chi connectivity index (χ2n) is 7.73. The highest BCUT2D eigenvalue weighted by Gasteiger charge is 2.18. The van der Waals surface area contributed by atoms with E-state index in [0.717, 1.165) is 32.1 Å². The van der Waals surface area contributed by atoms with Gasteiger partial charge in [0.15, 0.2) is 0 Å². The van der Waals surface area contributed by atoms with Gasteiger partial charge in [-0.2, -0.15) is 0 Å². The number of fused-ring (bicyclic) bond motifs is 2. The number of carbonyl (C=O) groups is 1. The van der Waals surface area contributed by atoms with Gasteiger partial charge in [0.2, 0.25) is 0 Å². The second-order valence-corrected chi connectivity index (χ2v) is 8.84. The molecule has 0 aliphatic heterocycles. The summed E-state index contributed by atoms with van der Waals surface area (Å²) in [6, 6.07) is 19.3. The van der Waals surface area contributed by atoms with Crippen molar-refractivity contribution in [2.75, 3.05) is 7.05 Å². The van der Waals surface area contributed by atoms with Crippen LogP contribution in [0.25, 0.3) is 15.9 Å². The number of imidazole rings is 1. The zero-order valence-corrected chi connectivity index (χ0v) is 18.7. The number of amides is 1. The number of hydrogen-bond acceptors (Lipinski definition) is 5. The van der Waals surface area contributed by atoms with Gasteiger partial charge in [-0.05, 0) is 42.8 Å². The second kappa shape index (κ2) is 8.43. The Hall–Kier alpha value is -3.71. The fraction of sp³-hybridized carbons (Fsp3) is 0.160. The van der Waals surface area contributed by atoms with E-state index in [2.05, 4.69) is 9.97 Å². The van der Waals surface area contributed by atoms with Crippen LogP contribution in [0.2, 0.25) is 0 Å². The van der Waals surface area contributed by atoms with Crippen molar-refractivity contribution in [2.45, 2.75) is 20.1 Å². The molecular formula is C25H22N4O2S. The molecule has 5 aromatic rings. The van der Waals surface area contributed by atoms with Crippen molar-refractivity contribution >= 4 is 33.1 Å². The molecule has 7 heteroatoms. The molecule has 0 spiro atoms. The molecule has 0 atom stereocenters. The van der Waals surface area contributed by atoms with E-state index in [1.165, 1.54) is 0 Å². The number of ether oxygens (including phenoxy) is 1.